The molecule has 4 heteroatoms. The number of aromatic nitrogens is 2. The van der Waals surface area contributed by atoms with Crippen molar-refractivity contribution in [2.75, 3.05) is 0 Å². The van der Waals surface area contributed by atoms with Crippen molar-refractivity contribution in [3.8, 4) is 33.6 Å². The van der Waals surface area contributed by atoms with Crippen molar-refractivity contribution in [1.82, 2.24) is 9.13 Å². The molecule has 11 aromatic rings. The van der Waals surface area contributed by atoms with Crippen LogP contribution in [0.4, 0.5) is 0 Å². The van der Waals surface area contributed by atoms with Crippen LogP contribution in [0.15, 0.2) is 158 Å². The van der Waals surface area contributed by atoms with E-state index in [1.807, 2.05) is 0 Å². The summed E-state index contributed by atoms with van der Waals surface area (Å²) in [6, 6.07) is 62.5. The van der Waals surface area contributed by atoms with Crippen molar-refractivity contribution in [3.05, 3.63) is 202 Å². The van der Waals surface area contributed by atoms with E-state index in [4.69, 9.17) is 0 Å². The Bertz CT molecular complexity index is 4170. The lowest BCUT2D eigenvalue weighted by molar-refractivity contribution is 0.552. The lowest BCUT2D eigenvalue weighted by Gasteiger charge is -2.40. The molecule has 0 fully saturated rings. The summed E-state index contributed by atoms with van der Waals surface area (Å²) in [7, 11) is 0. The largest absolute Gasteiger partial charge is 0.310 e. The molecule has 84 heavy (non-hydrogen) atoms. The van der Waals surface area contributed by atoms with E-state index in [2.05, 4.69) is 305 Å². The maximum Gasteiger partial charge on any atom is 0.247 e. The molecule has 0 amide bonds. The highest BCUT2D eigenvalue weighted by Gasteiger charge is 2.45. The predicted octanol–water partition coefficient (Wildman–Crippen LogP) is 17.3. The molecule has 2 aliphatic rings. The topological polar surface area (TPSA) is 9.86 Å². The van der Waals surface area contributed by atoms with E-state index in [-0.39, 0.29) is 45.9 Å². The van der Waals surface area contributed by atoms with E-state index in [0.717, 1.165) is 0 Å². The molecule has 13 rings (SSSR count). The van der Waals surface area contributed by atoms with Gasteiger partial charge in [0.05, 0.1) is 11.0 Å². The fourth-order valence-electron chi connectivity index (χ4n) is 14.9. The second-order valence-corrected chi connectivity index (χ2v) is 31.7. The van der Waals surface area contributed by atoms with Crippen LogP contribution in [0.2, 0.25) is 0 Å². The van der Waals surface area contributed by atoms with Crippen LogP contribution in [0.1, 0.15) is 169 Å². The van der Waals surface area contributed by atoms with Gasteiger partial charge in [0.1, 0.15) is 0 Å². The zero-order valence-corrected chi connectivity index (χ0v) is 54.1. The number of hydrogen-bond acceptors (Lipinski definition) is 0. The number of aryl methyl sites for hydroxylation is 2. The van der Waals surface area contributed by atoms with Gasteiger partial charge in [-0.25, -0.2) is 0 Å². The average Bonchev–Trinajstić information content (AvgIpc) is 1.37. The summed E-state index contributed by atoms with van der Waals surface area (Å²) in [6.45, 7) is 48.3. The molecule has 0 N–H and O–H groups in total. The smallest absolute Gasteiger partial charge is 0.247 e. The number of rotatable bonds is 4. The molecule has 0 atom stereocenters. The highest BCUT2D eigenvalue weighted by atomic mass is 15.0. The van der Waals surface area contributed by atoms with Gasteiger partial charge < -0.3 is 9.13 Å². The van der Waals surface area contributed by atoms with Crippen LogP contribution >= 0.6 is 0 Å². The van der Waals surface area contributed by atoms with Gasteiger partial charge in [-0.3, -0.25) is 0 Å². The molecule has 2 aromatic heterocycles. The molecule has 9 aromatic carbocycles. The van der Waals surface area contributed by atoms with Gasteiger partial charge in [-0.2, -0.15) is 0 Å². The highest BCUT2D eigenvalue weighted by Crippen LogP contribution is 2.43. The van der Waals surface area contributed by atoms with Gasteiger partial charge in [0.15, 0.2) is 0 Å². The van der Waals surface area contributed by atoms with Gasteiger partial charge in [-0.05, 0) is 172 Å². The van der Waals surface area contributed by atoms with Crippen LogP contribution in [-0.2, 0) is 32.5 Å². The number of benzene rings is 9. The maximum atomic E-state index is 2.73. The van der Waals surface area contributed by atoms with Crippen LogP contribution in [0.25, 0.3) is 77.2 Å². The van der Waals surface area contributed by atoms with Gasteiger partial charge in [0, 0.05) is 44.0 Å². The molecule has 0 saturated carbocycles. The molecule has 0 unspecified atom stereocenters. The summed E-state index contributed by atoms with van der Waals surface area (Å²) in [4.78, 5) is 0. The first-order valence-corrected chi connectivity index (χ1v) is 31.1. The Kier molecular flexibility index (Phi) is 12.4. The monoisotopic (exact) mass is 1100 g/mol. The first-order chi connectivity index (χ1) is 39.3. The first-order valence-electron chi connectivity index (χ1n) is 31.1. The van der Waals surface area contributed by atoms with E-state index in [1.54, 1.807) is 0 Å². The molecule has 2 nitrogen and oxygen atoms in total. The molecule has 0 bridgehead atoms. The van der Waals surface area contributed by atoms with Crippen molar-refractivity contribution >= 4 is 89.8 Å². The molecule has 422 valence electrons. The van der Waals surface area contributed by atoms with Gasteiger partial charge in [-0.15, -0.1) is 0 Å². The third-order valence-electron chi connectivity index (χ3n) is 19.1. The van der Waals surface area contributed by atoms with Gasteiger partial charge in [0.25, 0.3) is 0 Å². The van der Waals surface area contributed by atoms with E-state index in [1.165, 1.54) is 155 Å². The van der Waals surface area contributed by atoms with E-state index < -0.39 is 0 Å². The van der Waals surface area contributed by atoms with E-state index in [0.29, 0.717) is 0 Å². The number of fused-ring (bicyclic) bond motifs is 10. The molecule has 0 spiro atoms. The van der Waals surface area contributed by atoms with Crippen molar-refractivity contribution in [3.63, 3.8) is 0 Å². The zero-order valence-electron chi connectivity index (χ0n) is 54.1. The molecule has 0 saturated heterocycles. The van der Waals surface area contributed by atoms with Crippen molar-refractivity contribution in [1.29, 1.82) is 0 Å². The third-order valence-corrected chi connectivity index (χ3v) is 19.1. The number of hydrogen-bond donors (Lipinski definition) is 0. The quantitative estimate of drug-likeness (QED) is 0.155. The Morgan fingerprint density at radius 2 is 0.607 bits per heavy atom. The summed E-state index contributed by atoms with van der Waals surface area (Å²) < 4.78 is 5.43. The lowest BCUT2D eigenvalue weighted by Crippen LogP contribution is -2.63. The summed E-state index contributed by atoms with van der Waals surface area (Å²) in [5, 5.41) is 5.23. The minimum atomic E-state index is -0.171. The summed E-state index contributed by atoms with van der Waals surface area (Å²) in [6.07, 6.45) is 0. The van der Waals surface area contributed by atoms with Crippen molar-refractivity contribution < 1.29 is 0 Å². The normalized spacial score (nSPS) is 13.9. The van der Waals surface area contributed by atoms with Gasteiger partial charge in [0.2, 0.25) is 13.4 Å². The Balaban J connectivity index is 1.27. The second-order valence-electron chi connectivity index (χ2n) is 31.7. The predicted molar refractivity (Wildman–Crippen MR) is 370 cm³/mol. The molecule has 2 aliphatic heterocycles. The van der Waals surface area contributed by atoms with Gasteiger partial charge in [-0.1, -0.05) is 256 Å². The summed E-state index contributed by atoms with van der Waals surface area (Å²) in [5.74, 6) is 0. The van der Waals surface area contributed by atoms with Crippen molar-refractivity contribution in [2.24, 2.45) is 0 Å². The number of nitrogens with zero attached hydrogens (tertiary/aromatic N) is 2. The Hall–Kier alpha value is -7.29. The fraction of sp³-hybridized carbons (Fsp3) is 0.325. The lowest BCUT2D eigenvalue weighted by atomic mass is 9.30. The summed E-state index contributed by atoms with van der Waals surface area (Å²) in [5.41, 5.74) is 31.4. The minimum Gasteiger partial charge on any atom is -0.310 e. The maximum absolute atomic E-state index is 2.73. The average molecular weight is 1100 g/mol. The third kappa shape index (κ3) is 8.80. The second kappa shape index (κ2) is 18.6. The van der Waals surface area contributed by atoms with Crippen LogP contribution in [0, 0.1) is 13.8 Å². The van der Waals surface area contributed by atoms with Crippen LogP contribution in [0.5, 0.6) is 0 Å². The zero-order chi connectivity index (χ0) is 59.9. The van der Waals surface area contributed by atoms with Crippen LogP contribution < -0.4 is 32.8 Å². The van der Waals surface area contributed by atoms with Crippen molar-refractivity contribution in [2.45, 2.75) is 171 Å². The fourth-order valence-corrected chi connectivity index (χ4v) is 14.9. The molecule has 0 radical (unpaired) electrons. The standard InChI is InChI=1S/C80H86B2N2/c1-47-35-57-55-39-51(49-27-23-21-24-28-49)31-33-67(55)83-69-46-64-70(45-63(69)81(65(37-47)73(57)83)71-59(77(9,10)11)41-53(75(3,4)5)42-60(71)78(12,13)14)84-68-34-32-52(50-29-25-22-26-30-50)40-56(68)58-36-48(2)38-66(74(58)84)82(64)72-61(79(15,16)17)43-54(76(6,7)8)44-62(72)80(18,19)20/h21-46H,1-20H3. The Morgan fingerprint density at radius 3 is 0.905 bits per heavy atom. The molecule has 4 heterocycles. The van der Waals surface area contributed by atoms with Crippen LogP contribution in [-0.4, -0.2) is 22.6 Å². The molecule has 0 aliphatic carbocycles. The van der Waals surface area contributed by atoms with Gasteiger partial charge >= 0.3 is 0 Å². The van der Waals surface area contributed by atoms with E-state index in [9.17, 15) is 0 Å². The first kappa shape index (κ1) is 55.9. The Morgan fingerprint density at radius 1 is 0.286 bits per heavy atom. The minimum absolute atomic E-state index is 0.0492. The van der Waals surface area contributed by atoms with E-state index >= 15 is 0 Å². The Labute approximate surface area is 502 Å². The molecular weight excluding hydrogens is 1010 g/mol. The SMILES string of the molecule is Cc1cc2c3c(c1)c1cc(-c4ccccc4)ccc1n3-c1cc3c(cc1B2c1c(C(C)(C)C)cc(C(C)(C)C)cc1C(C)(C)C)-n1c2ccc(-c4ccccc4)cc2c2cc(C)cc(c21)B3c1c(C(C)(C)C)cc(C(C)(C)C)cc1C(C)(C)C. The molecular formula is C80H86B2N2. The van der Waals surface area contributed by atoms with Crippen LogP contribution in [0.3, 0.4) is 0 Å². The highest BCUT2D eigenvalue weighted by molar-refractivity contribution is 7.00. The summed E-state index contributed by atoms with van der Waals surface area (Å²) >= 11 is 0.